The Kier molecular flexibility index (Phi) is 5.56. The predicted molar refractivity (Wildman–Crippen MR) is 125 cm³/mol. The van der Waals surface area contributed by atoms with Gasteiger partial charge in [-0.3, -0.25) is 4.79 Å². The lowest BCUT2D eigenvalue weighted by atomic mass is 10.1. The highest BCUT2D eigenvalue weighted by molar-refractivity contribution is 7.95. The van der Waals surface area contributed by atoms with Gasteiger partial charge in [0, 0.05) is 0 Å². The zero-order valence-electron chi connectivity index (χ0n) is 16.2. The number of hydrogen-bond acceptors (Lipinski definition) is 3. The van der Waals surface area contributed by atoms with Crippen LogP contribution in [0.4, 0.5) is 0 Å². The van der Waals surface area contributed by atoms with Gasteiger partial charge in [-0.05, 0) is 46.8 Å². The molecule has 4 aromatic carbocycles. The zero-order chi connectivity index (χ0) is 21.0. The van der Waals surface area contributed by atoms with E-state index in [-0.39, 0.29) is 22.8 Å². The van der Waals surface area contributed by atoms with Gasteiger partial charge in [-0.1, -0.05) is 91.0 Å². The van der Waals surface area contributed by atoms with Crippen molar-refractivity contribution in [1.29, 1.82) is 0 Å². The van der Waals surface area contributed by atoms with Gasteiger partial charge in [-0.2, -0.15) is 0 Å². The maximum absolute atomic E-state index is 13.5. The highest BCUT2D eigenvalue weighted by Crippen LogP contribution is 2.44. The molecule has 0 unspecified atom stereocenters. The molecular formula is C26H21O3P. The summed E-state index contributed by atoms with van der Waals surface area (Å²) in [6, 6.07) is 34.0. The summed E-state index contributed by atoms with van der Waals surface area (Å²) in [5.74, 6) is 1.20. The third-order valence-corrected chi connectivity index (χ3v) is 9.01. The van der Waals surface area contributed by atoms with Crippen LogP contribution in [0, 0.1) is 0 Å². The largest absolute Gasteiger partial charge is 0.508 e. The van der Waals surface area contributed by atoms with E-state index in [1.54, 1.807) is 5.80 Å². The quantitative estimate of drug-likeness (QED) is 0.295. The average Bonchev–Trinajstić information content (AvgIpc) is 2.80. The molecule has 0 bridgehead atoms. The first-order valence-electron chi connectivity index (χ1n) is 9.59. The van der Waals surface area contributed by atoms with Crippen molar-refractivity contribution in [2.45, 2.75) is 0 Å². The summed E-state index contributed by atoms with van der Waals surface area (Å²) in [6.07, 6.45) is 0. The summed E-state index contributed by atoms with van der Waals surface area (Å²) in [5.41, 5.74) is 0.0853. The molecule has 0 radical (unpaired) electrons. The second-order valence-corrected chi connectivity index (χ2v) is 10.2. The third kappa shape index (κ3) is 3.68. The SMILES string of the molecule is O=C(C=P(c1ccccc1)(c1ccccc1)c1ccccc1)c1cc(O)ccc1O. The second kappa shape index (κ2) is 8.44. The number of ketones is 1. The van der Waals surface area contributed by atoms with Crippen LogP contribution in [0.2, 0.25) is 0 Å². The first kappa shape index (κ1) is 19.8. The van der Waals surface area contributed by atoms with E-state index in [0.29, 0.717) is 0 Å². The molecule has 148 valence electrons. The molecule has 0 saturated carbocycles. The Morgan fingerprint density at radius 3 is 1.50 bits per heavy atom. The Balaban J connectivity index is 2.08. The van der Waals surface area contributed by atoms with Crippen molar-refractivity contribution < 1.29 is 15.0 Å². The molecule has 0 aromatic heterocycles. The monoisotopic (exact) mass is 412 g/mol. The van der Waals surface area contributed by atoms with E-state index in [1.807, 2.05) is 91.0 Å². The van der Waals surface area contributed by atoms with Gasteiger partial charge in [0.2, 0.25) is 0 Å². The number of hydrogen-bond donors (Lipinski definition) is 2. The van der Waals surface area contributed by atoms with Crippen LogP contribution in [0.1, 0.15) is 10.4 Å². The summed E-state index contributed by atoms with van der Waals surface area (Å²) in [4.78, 5) is 13.5. The molecule has 4 aromatic rings. The van der Waals surface area contributed by atoms with Gasteiger partial charge in [-0.15, -0.1) is 0 Å². The van der Waals surface area contributed by atoms with Crippen LogP contribution in [-0.4, -0.2) is 21.8 Å². The van der Waals surface area contributed by atoms with Crippen molar-refractivity contribution >= 4 is 34.4 Å². The number of benzene rings is 4. The van der Waals surface area contributed by atoms with E-state index in [9.17, 15) is 15.0 Å². The molecule has 0 amide bonds. The number of Topliss-reactive ketones (excluding diaryl/α,β-unsaturated/α-hetero) is 1. The molecule has 0 aliphatic carbocycles. The van der Waals surface area contributed by atoms with Gasteiger partial charge in [0.1, 0.15) is 11.5 Å². The van der Waals surface area contributed by atoms with Crippen LogP contribution >= 0.6 is 6.89 Å². The normalized spacial score (nSPS) is 11.1. The van der Waals surface area contributed by atoms with Gasteiger partial charge in [-0.25, -0.2) is 0 Å². The molecule has 30 heavy (non-hydrogen) atoms. The van der Waals surface area contributed by atoms with Gasteiger partial charge in [0.25, 0.3) is 0 Å². The lowest BCUT2D eigenvalue weighted by Gasteiger charge is -2.28. The minimum Gasteiger partial charge on any atom is -0.508 e. The van der Waals surface area contributed by atoms with E-state index in [0.717, 1.165) is 15.9 Å². The maximum Gasteiger partial charge on any atom is 0.190 e. The Bertz CT molecular complexity index is 1110. The topological polar surface area (TPSA) is 57.5 Å². The summed E-state index contributed by atoms with van der Waals surface area (Å²) < 4.78 is 0. The lowest BCUT2D eigenvalue weighted by molar-refractivity contribution is 0.107. The number of aromatic hydroxyl groups is 2. The van der Waals surface area contributed by atoms with Gasteiger partial charge in [0.05, 0.1) is 5.56 Å². The summed E-state index contributed by atoms with van der Waals surface area (Å²) >= 11 is 0. The standard InChI is InChI=1S/C26H21O3P/c27-20-16-17-25(28)24(18-20)26(29)19-30(21-10-4-1-5-11-21,22-12-6-2-7-13-22)23-14-8-3-9-15-23/h1-19,27-28H. The minimum atomic E-state index is -2.48. The van der Waals surface area contributed by atoms with Crippen molar-refractivity contribution in [2.24, 2.45) is 0 Å². The molecule has 0 atom stereocenters. The Hall–Kier alpha value is -3.55. The number of phenols is 2. The molecule has 0 spiro atoms. The maximum atomic E-state index is 13.5. The number of phenolic OH excluding ortho intramolecular Hbond substituents is 2. The van der Waals surface area contributed by atoms with Crippen LogP contribution in [0.15, 0.2) is 109 Å². The van der Waals surface area contributed by atoms with E-state index < -0.39 is 6.89 Å². The molecule has 0 heterocycles. The van der Waals surface area contributed by atoms with E-state index in [4.69, 9.17) is 0 Å². The Morgan fingerprint density at radius 2 is 1.07 bits per heavy atom. The van der Waals surface area contributed by atoms with Crippen molar-refractivity contribution in [2.75, 3.05) is 0 Å². The average molecular weight is 412 g/mol. The first-order chi connectivity index (χ1) is 14.6. The molecule has 4 rings (SSSR count). The molecule has 0 aliphatic heterocycles. The van der Waals surface area contributed by atoms with Crippen LogP contribution in [0.5, 0.6) is 11.5 Å². The Labute approximate surface area is 175 Å². The highest BCUT2D eigenvalue weighted by atomic mass is 31.2. The molecule has 0 fully saturated rings. The smallest absolute Gasteiger partial charge is 0.190 e. The molecule has 3 nitrogen and oxygen atoms in total. The van der Waals surface area contributed by atoms with Crippen LogP contribution in [-0.2, 0) is 0 Å². The second-order valence-electron chi connectivity index (χ2n) is 6.92. The Morgan fingerprint density at radius 1 is 0.633 bits per heavy atom. The zero-order valence-corrected chi connectivity index (χ0v) is 17.1. The third-order valence-electron chi connectivity index (χ3n) is 5.05. The summed E-state index contributed by atoms with van der Waals surface area (Å²) in [6.45, 7) is -2.48. The molecular weight excluding hydrogens is 391 g/mol. The fourth-order valence-corrected chi connectivity index (χ4v) is 7.39. The lowest BCUT2D eigenvalue weighted by Crippen LogP contribution is -2.28. The summed E-state index contributed by atoms with van der Waals surface area (Å²) in [5, 5.41) is 23.3. The summed E-state index contributed by atoms with van der Waals surface area (Å²) in [7, 11) is 0. The van der Waals surface area contributed by atoms with Crippen molar-refractivity contribution in [3.63, 3.8) is 0 Å². The molecule has 0 saturated heterocycles. The van der Waals surface area contributed by atoms with Crippen LogP contribution in [0.25, 0.3) is 0 Å². The van der Waals surface area contributed by atoms with Gasteiger partial charge >= 0.3 is 0 Å². The predicted octanol–water partition coefficient (Wildman–Crippen LogP) is 4.08. The number of carbonyl (C=O) groups excluding carboxylic acids is 1. The van der Waals surface area contributed by atoms with E-state index in [2.05, 4.69) is 0 Å². The highest BCUT2D eigenvalue weighted by Gasteiger charge is 2.27. The van der Waals surface area contributed by atoms with Crippen molar-refractivity contribution in [3.05, 3.63) is 115 Å². The van der Waals surface area contributed by atoms with Gasteiger partial charge < -0.3 is 10.2 Å². The van der Waals surface area contributed by atoms with Crippen LogP contribution < -0.4 is 15.9 Å². The van der Waals surface area contributed by atoms with Crippen molar-refractivity contribution in [1.82, 2.24) is 0 Å². The fraction of sp³-hybridized carbons (Fsp3) is 0. The van der Waals surface area contributed by atoms with Gasteiger partial charge in [0.15, 0.2) is 5.78 Å². The first-order valence-corrected chi connectivity index (χ1v) is 11.4. The molecule has 2 N–H and O–H groups in total. The van der Waals surface area contributed by atoms with Crippen LogP contribution in [0.3, 0.4) is 0 Å². The van der Waals surface area contributed by atoms with Crippen molar-refractivity contribution in [3.8, 4) is 11.5 Å². The minimum absolute atomic E-state index is 0.0624. The molecule has 4 heteroatoms. The molecule has 0 aliphatic rings. The van der Waals surface area contributed by atoms with E-state index >= 15 is 0 Å². The van der Waals surface area contributed by atoms with E-state index in [1.165, 1.54) is 18.2 Å². The number of rotatable bonds is 5. The number of carbonyl (C=O) groups is 1. The fourth-order valence-electron chi connectivity index (χ4n) is 3.63.